The summed E-state index contributed by atoms with van der Waals surface area (Å²) in [5.41, 5.74) is -12.7. The molecule has 214 valence electrons. The molecule has 16 heteroatoms. The average Bonchev–Trinajstić information content (AvgIpc) is 2.86. The Morgan fingerprint density at radius 3 is 1.20 bits per heavy atom. The number of rotatable bonds is 7. The number of hydrogen-bond acceptors (Lipinski definition) is 8. The molecular formula is C24H16F6O8S2. The van der Waals surface area contributed by atoms with Gasteiger partial charge < -0.3 is 17.8 Å². The summed E-state index contributed by atoms with van der Waals surface area (Å²) in [5.74, 6) is -1.39. The second kappa shape index (κ2) is 9.92. The Morgan fingerprint density at radius 1 is 0.550 bits per heavy atom. The quantitative estimate of drug-likeness (QED) is 0.140. The highest BCUT2D eigenvalue weighted by Gasteiger charge is 2.50. The minimum atomic E-state index is -6.28. The topological polar surface area (TPSA) is 105 Å². The summed E-state index contributed by atoms with van der Waals surface area (Å²) >= 11 is 0. The zero-order valence-corrected chi connectivity index (χ0v) is 21.8. The van der Waals surface area contributed by atoms with Crippen LogP contribution in [0, 0.1) is 0 Å². The number of fused-ring (bicyclic) bond motifs is 2. The molecule has 0 saturated heterocycles. The summed E-state index contributed by atoms with van der Waals surface area (Å²) in [6, 6.07) is 12.1. The van der Waals surface area contributed by atoms with Gasteiger partial charge in [-0.3, -0.25) is 0 Å². The summed E-state index contributed by atoms with van der Waals surface area (Å²) in [6.45, 7) is 0. The van der Waals surface area contributed by atoms with Crippen LogP contribution in [0.15, 0.2) is 60.7 Å². The fraction of sp³-hybridized carbons (Fsp3) is 0.167. The molecule has 0 unspecified atom stereocenters. The number of alkyl halides is 6. The first kappa shape index (κ1) is 29.1. The van der Waals surface area contributed by atoms with Crippen LogP contribution in [-0.2, 0) is 20.2 Å². The van der Waals surface area contributed by atoms with Crippen molar-refractivity contribution in [1.82, 2.24) is 0 Å². The maximum Gasteiger partial charge on any atom is 0.534 e. The lowest BCUT2D eigenvalue weighted by Crippen LogP contribution is -2.28. The summed E-state index contributed by atoms with van der Waals surface area (Å²) in [4.78, 5) is 0. The van der Waals surface area contributed by atoms with Crippen LogP contribution < -0.4 is 17.8 Å². The third kappa shape index (κ3) is 5.28. The molecule has 0 saturated carbocycles. The molecule has 40 heavy (non-hydrogen) atoms. The second-order valence-electron chi connectivity index (χ2n) is 8.02. The van der Waals surface area contributed by atoms with Gasteiger partial charge >= 0.3 is 31.3 Å². The van der Waals surface area contributed by atoms with Gasteiger partial charge in [0.1, 0.15) is 11.5 Å². The van der Waals surface area contributed by atoms with Crippen LogP contribution >= 0.6 is 0 Å². The van der Waals surface area contributed by atoms with E-state index < -0.39 is 53.9 Å². The van der Waals surface area contributed by atoms with Gasteiger partial charge in [0, 0.05) is 11.1 Å². The van der Waals surface area contributed by atoms with Gasteiger partial charge in [0.15, 0.2) is 11.5 Å². The van der Waals surface area contributed by atoms with Crippen LogP contribution in [-0.4, -0.2) is 42.1 Å². The molecule has 0 heterocycles. The predicted molar refractivity (Wildman–Crippen MR) is 131 cm³/mol. The summed E-state index contributed by atoms with van der Waals surface area (Å²) < 4.78 is 147. The molecule has 4 aromatic carbocycles. The number of hydrogen-bond donors (Lipinski definition) is 0. The van der Waals surface area contributed by atoms with E-state index in [2.05, 4.69) is 8.37 Å². The Kier molecular flexibility index (Phi) is 7.21. The SMILES string of the molecule is COc1ccc2c(-c3c(OS(=O)(=O)C(F)(F)F)ccc4cc(OC)ccc34)c(OS(=O)(=O)C(F)(F)F)ccc2c1. The van der Waals surface area contributed by atoms with E-state index in [1.54, 1.807) is 0 Å². The van der Waals surface area contributed by atoms with Gasteiger partial charge in [0.25, 0.3) is 0 Å². The highest BCUT2D eigenvalue weighted by Crippen LogP contribution is 2.48. The van der Waals surface area contributed by atoms with E-state index in [1.165, 1.54) is 62.8 Å². The van der Waals surface area contributed by atoms with Gasteiger partial charge in [0.2, 0.25) is 0 Å². The summed E-state index contributed by atoms with van der Waals surface area (Å²) in [7, 11) is -9.92. The smallest absolute Gasteiger partial charge is 0.497 e. The lowest BCUT2D eigenvalue weighted by Gasteiger charge is -2.20. The van der Waals surface area contributed by atoms with Crippen molar-refractivity contribution < 1.29 is 61.0 Å². The largest absolute Gasteiger partial charge is 0.534 e. The summed E-state index contributed by atoms with van der Waals surface area (Å²) in [5, 5.41) is 0.379. The molecule has 8 nitrogen and oxygen atoms in total. The molecule has 0 bridgehead atoms. The highest BCUT2D eigenvalue weighted by atomic mass is 32.2. The number of benzene rings is 4. The van der Waals surface area contributed by atoms with Crippen molar-refractivity contribution in [3.63, 3.8) is 0 Å². The summed E-state index contributed by atoms with van der Waals surface area (Å²) in [6.07, 6.45) is 0. The molecular weight excluding hydrogens is 594 g/mol. The van der Waals surface area contributed by atoms with E-state index in [0.29, 0.717) is 0 Å². The molecule has 0 amide bonds. The zero-order chi connectivity index (χ0) is 29.7. The highest BCUT2D eigenvalue weighted by molar-refractivity contribution is 7.88. The van der Waals surface area contributed by atoms with E-state index in [9.17, 15) is 43.2 Å². The Bertz CT molecular complexity index is 1700. The number of ether oxygens (including phenoxy) is 2. The normalized spacial score (nSPS) is 12.9. The first-order chi connectivity index (χ1) is 18.5. The Hall–Kier alpha value is -3.92. The Labute approximate surface area is 222 Å². The Morgan fingerprint density at radius 2 is 0.900 bits per heavy atom. The molecule has 0 aliphatic carbocycles. The zero-order valence-electron chi connectivity index (χ0n) is 20.1. The fourth-order valence-electron chi connectivity index (χ4n) is 3.82. The van der Waals surface area contributed by atoms with Crippen molar-refractivity contribution in [3.8, 4) is 34.1 Å². The molecule has 0 atom stereocenters. The van der Waals surface area contributed by atoms with Gasteiger partial charge in [0.05, 0.1) is 14.2 Å². The molecule has 4 rings (SSSR count). The third-order valence-corrected chi connectivity index (χ3v) is 7.53. The first-order valence-electron chi connectivity index (χ1n) is 10.7. The molecule has 0 aromatic heterocycles. The van der Waals surface area contributed by atoms with Crippen LogP contribution in [0.4, 0.5) is 26.3 Å². The van der Waals surface area contributed by atoms with Crippen molar-refractivity contribution in [2.45, 2.75) is 11.0 Å². The molecule has 0 N–H and O–H groups in total. The lowest BCUT2D eigenvalue weighted by molar-refractivity contribution is -0.0505. The third-order valence-electron chi connectivity index (χ3n) is 5.59. The predicted octanol–water partition coefficient (Wildman–Crippen LogP) is 6.13. The standard InChI is InChI=1S/C24H16F6O8S2/c1-35-15-5-7-17-13(11-15)3-9-19(37-39(31,32)23(25,26)27)21(17)22-18-8-6-16(36-2)12-14(18)4-10-20(22)38-40(33,34)24(28,29)30/h3-12H,1-2H3. The monoisotopic (exact) mass is 610 g/mol. The van der Waals surface area contributed by atoms with E-state index in [1.807, 2.05) is 0 Å². The van der Waals surface area contributed by atoms with Crippen LogP contribution in [0.2, 0.25) is 0 Å². The second-order valence-corrected chi connectivity index (χ2v) is 11.1. The van der Waals surface area contributed by atoms with Crippen LogP contribution in [0.3, 0.4) is 0 Å². The van der Waals surface area contributed by atoms with E-state index in [0.717, 1.165) is 12.1 Å². The van der Waals surface area contributed by atoms with Crippen LogP contribution in [0.5, 0.6) is 23.0 Å². The van der Waals surface area contributed by atoms with E-state index >= 15 is 0 Å². The van der Waals surface area contributed by atoms with Crippen molar-refractivity contribution >= 4 is 41.8 Å². The van der Waals surface area contributed by atoms with Gasteiger partial charge in [-0.05, 0) is 70.1 Å². The molecule has 4 aromatic rings. The van der Waals surface area contributed by atoms with Crippen molar-refractivity contribution in [2.75, 3.05) is 14.2 Å². The minimum Gasteiger partial charge on any atom is -0.497 e. The van der Waals surface area contributed by atoms with Gasteiger partial charge in [-0.2, -0.15) is 43.2 Å². The van der Waals surface area contributed by atoms with Crippen molar-refractivity contribution in [3.05, 3.63) is 60.7 Å². The maximum absolute atomic E-state index is 13.3. The number of halogens is 6. The van der Waals surface area contributed by atoms with Gasteiger partial charge in [-0.1, -0.05) is 12.1 Å². The van der Waals surface area contributed by atoms with Gasteiger partial charge in [-0.15, -0.1) is 0 Å². The molecule has 0 aliphatic rings. The molecule has 0 fully saturated rings. The van der Waals surface area contributed by atoms with Gasteiger partial charge in [-0.25, -0.2) is 0 Å². The van der Waals surface area contributed by atoms with Crippen molar-refractivity contribution in [1.29, 1.82) is 0 Å². The van der Waals surface area contributed by atoms with Crippen molar-refractivity contribution in [2.24, 2.45) is 0 Å². The van der Waals surface area contributed by atoms with Crippen LogP contribution in [0.25, 0.3) is 32.7 Å². The lowest BCUT2D eigenvalue weighted by atomic mass is 9.92. The minimum absolute atomic E-state index is 0.0340. The Balaban J connectivity index is 2.17. The maximum atomic E-state index is 13.3. The van der Waals surface area contributed by atoms with E-state index in [-0.39, 0.29) is 33.0 Å². The molecule has 0 spiro atoms. The van der Waals surface area contributed by atoms with Crippen LogP contribution in [0.1, 0.15) is 0 Å². The number of methoxy groups -OCH3 is 2. The average molecular weight is 611 g/mol. The van der Waals surface area contributed by atoms with E-state index in [4.69, 9.17) is 9.47 Å². The molecule has 0 aliphatic heterocycles. The molecule has 0 radical (unpaired) electrons. The first-order valence-corrected chi connectivity index (χ1v) is 13.5. The fourth-order valence-corrected chi connectivity index (χ4v) is 4.75.